The van der Waals surface area contributed by atoms with Crippen molar-refractivity contribution in [1.82, 2.24) is 0 Å². The average molecular weight is 287 g/mol. The van der Waals surface area contributed by atoms with Crippen LogP contribution in [0.5, 0.6) is 0 Å². The highest BCUT2D eigenvalue weighted by molar-refractivity contribution is 7.91. The minimum absolute atomic E-state index is 0.0849. The van der Waals surface area contributed by atoms with Crippen molar-refractivity contribution in [3.8, 4) is 0 Å². The second kappa shape index (κ2) is 4.76. The zero-order valence-electron chi connectivity index (χ0n) is 11.0. The SMILES string of the molecule is CC1(C)CCC(CS(=O)(=O)c2cc(N)cc(F)c2)O1. The van der Waals surface area contributed by atoms with E-state index in [0.29, 0.717) is 6.42 Å². The molecule has 1 aromatic rings. The number of hydrogen-bond acceptors (Lipinski definition) is 4. The van der Waals surface area contributed by atoms with Crippen LogP contribution in [0.4, 0.5) is 10.1 Å². The van der Waals surface area contributed by atoms with Gasteiger partial charge in [0.1, 0.15) is 5.82 Å². The van der Waals surface area contributed by atoms with Gasteiger partial charge in [0.15, 0.2) is 9.84 Å². The van der Waals surface area contributed by atoms with E-state index in [0.717, 1.165) is 18.6 Å². The van der Waals surface area contributed by atoms with Crippen LogP contribution in [0.3, 0.4) is 0 Å². The van der Waals surface area contributed by atoms with E-state index in [2.05, 4.69) is 0 Å². The molecule has 19 heavy (non-hydrogen) atoms. The fourth-order valence-corrected chi connectivity index (χ4v) is 3.82. The van der Waals surface area contributed by atoms with Gasteiger partial charge < -0.3 is 10.5 Å². The molecule has 1 heterocycles. The molecule has 1 saturated heterocycles. The Balaban J connectivity index is 2.19. The monoisotopic (exact) mass is 287 g/mol. The number of benzene rings is 1. The molecule has 106 valence electrons. The zero-order chi connectivity index (χ0) is 14.3. The van der Waals surface area contributed by atoms with Crippen LogP contribution in [-0.2, 0) is 14.6 Å². The summed E-state index contributed by atoms with van der Waals surface area (Å²) in [4.78, 5) is -0.0849. The number of hydrogen-bond donors (Lipinski definition) is 1. The van der Waals surface area contributed by atoms with Crippen LogP contribution in [0.25, 0.3) is 0 Å². The molecule has 1 unspecified atom stereocenters. The molecule has 2 N–H and O–H groups in total. The van der Waals surface area contributed by atoms with Gasteiger partial charge >= 0.3 is 0 Å². The molecule has 6 heteroatoms. The quantitative estimate of drug-likeness (QED) is 0.865. The van der Waals surface area contributed by atoms with Gasteiger partial charge in [-0.25, -0.2) is 12.8 Å². The molecule has 1 atom stereocenters. The van der Waals surface area contributed by atoms with Crippen LogP contribution in [0.2, 0.25) is 0 Å². The Kier molecular flexibility index (Phi) is 3.57. The van der Waals surface area contributed by atoms with E-state index in [1.807, 2.05) is 13.8 Å². The third-order valence-electron chi connectivity index (χ3n) is 3.21. The maximum atomic E-state index is 13.2. The van der Waals surface area contributed by atoms with Crippen LogP contribution in [0.1, 0.15) is 26.7 Å². The summed E-state index contributed by atoms with van der Waals surface area (Å²) in [5, 5.41) is 0. The van der Waals surface area contributed by atoms with E-state index in [9.17, 15) is 12.8 Å². The molecule has 0 spiro atoms. The third-order valence-corrected chi connectivity index (χ3v) is 4.98. The van der Waals surface area contributed by atoms with E-state index in [-0.39, 0.29) is 28.0 Å². The lowest BCUT2D eigenvalue weighted by molar-refractivity contribution is -0.00528. The summed E-state index contributed by atoms with van der Waals surface area (Å²) < 4.78 is 43.3. The number of halogens is 1. The molecule has 0 bridgehead atoms. The molecule has 0 radical (unpaired) electrons. The summed E-state index contributed by atoms with van der Waals surface area (Å²) in [5.41, 5.74) is 5.28. The first-order chi connectivity index (χ1) is 8.68. The zero-order valence-corrected chi connectivity index (χ0v) is 11.8. The van der Waals surface area contributed by atoms with Gasteiger partial charge in [0.05, 0.1) is 22.4 Å². The molecule has 1 aromatic carbocycles. The van der Waals surface area contributed by atoms with Crippen molar-refractivity contribution in [2.24, 2.45) is 0 Å². The summed E-state index contributed by atoms with van der Waals surface area (Å²) in [6.07, 6.45) is 1.17. The van der Waals surface area contributed by atoms with Crippen molar-refractivity contribution in [2.75, 3.05) is 11.5 Å². The van der Waals surface area contributed by atoms with Gasteiger partial charge in [0.25, 0.3) is 0 Å². The summed E-state index contributed by atoms with van der Waals surface area (Å²) in [5.74, 6) is -0.787. The first kappa shape index (κ1) is 14.3. The lowest BCUT2D eigenvalue weighted by atomic mass is 10.1. The Bertz CT molecular complexity index is 563. The van der Waals surface area contributed by atoms with Crippen LogP contribution >= 0.6 is 0 Å². The average Bonchev–Trinajstić information content (AvgIpc) is 2.55. The minimum Gasteiger partial charge on any atom is -0.399 e. The Hall–Kier alpha value is -1.14. The summed E-state index contributed by atoms with van der Waals surface area (Å²) >= 11 is 0. The molecular weight excluding hydrogens is 269 g/mol. The Morgan fingerprint density at radius 1 is 1.42 bits per heavy atom. The Labute approximate surface area is 112 Å². The summed E-state index contributed by atoms with van der Waals surface area (Å²) in [6, 6.07) is 3.36. The van der Waals surface area contributed by atoms with Crippen LogP contribution in [0.15, 0.2) is 23.1 Å². The number of anilines is 1. The predicted molar refractivity (Wildman–Crippen MR) is 71.1 cm³/mol. The van der Waals surface area contributed by atoms with Gasteiger partial charge in [-0.05, 0) is 44.9 Å². The largest absolute Gasteiger partial charge is 0.399 e. The van der Waals surface area contributed by atoms with Gasteiger partial charge in [-0.15, -0.1) is 0 Å². The van der Waals surface area contributed by atoms with E-state index < -0.39 is 15.7 Å². The molecule has 0 amide bonds. The molecule has 0 aromatic heterocycles. The van der Waals surface area contributed by atoms with Crippen molar-refractivity contribution in [3.63, 3.8) is 0 Å². The number of sulfone groups is 1. The second-order valence-electron chi connectivity index (χ2n) is 5.54. The third kappa shape index (κ3) is 3.45. The smallest absolute Gasteiger partial charge is 0.181 e. The maximum absolute atomic E-state index is 13.2. The fourth-order valence-electron chi connectivity index (χ4n) is 2.30. The molecule has 0 aliphatic carbocycles. The van der Waals surface area contributed by atoms with Crippen LogP contribution in [-0.4, -0.2) is 25.9 Å². The van der Waals surface area contributed by atoms with Crippen molar-refractivity contribution in [3.05, 3.63) is 24.0 Å². The van der Waals surface area contributed by atoms with Crippen molar-refractivity contribution in [2.45, 2.75) is 43.3 Å². The highest BCUT2D eigenvalue weighted by Crippen LogP contribution is 2.31. The first-order valence-electron chi connectivity index (χ1n) is 6.15. The molecule has 1 fully saturated rings. The second-order valence-corrected chi connectivity index (χ2v) is 7.57. The predicted octanol–water partition coefficient (Wildman–Crippen LogP) is 2.14. The summed E-state index contributed by atoms with van der Waals surface area (Å²) in [6.45, 7) is 3.86. The lowest BCUT2D eigenvalue weighted by Gasteiger charge is -2.19. The highest BCUT2D eigenvalue weighted by atomic mass is 32.2. The fraction of sp³-hybridized carbons (Fsp3) is 0.538. The van der Waals surface area contributed by atoms with Gasteiger partial charge in [-0.1, -0.05) is 0 Å². The molecule has 0 saturated carbocycles. The van der Waals surface area contributed by atoms with E-state index in [4.69, 9.17) is 10.5 Å². The molecule has 1 aliphatic heterocycles. The van der Waals surface area contributed by atoms with E-state index in [1.54, 1.807) is 0 Å². The van der Waals surface area contributed by atoms with Crippen LogP contribution in [0, 0.1) is 5.82 Å². The number of rotatable bonds is 3. The van der Waals surface area contributed by atoms with Crippen LogP contribution < -0.4 is 5.73 Å². The Morgan fingerprint density at radius 2 is 2.11 bits per heavy atom. The summed E-state index contributed by atoms with van der Waals surface area (Å²) in [7, 11) is -3.58. The Morgan fingerprint density at radius 3 is 2.63 bits per heavy atom. The number of ether oxygens (including phenoxy) is 1. The normalized spacial score (nSPS) is 22.6. The molecule has 1 aliphatic rings. The van der Waals surface area contributed by atoms with Crippen molar-refractivity contribution >= 4 is 15.5 Å². The van der Waals surface area contributed by atoms with E-state index in [1.165, 1.54) is 6.07 Å². The lowest BCUT2D eigenvalue weighted by Crippen LogP contribution is -2.25. The molecular formula is C13H18FNO3S. The number of nitrogen functional groups attached to an aromatic ring is 1. The van der Waals surface area contributed by atoms with Crippen molar-refractivity contribution in [1.29, 1.82) is 0 Å². The topological polar surface area (TPSA) is 69.4 Å². The van der Waals surface area contributed by atoms with Gasteiger partial charge in [0, 0.05) is 5.69 Å². The first-order valence-corrected chi connectivity index (χ1v) is 7.80. The minimum atomic E-state index is -3.58. The number of nitrogens with two attached hydrogens (primary N) is 1. The molecule has 2 rings (SSSR count). The van der Waals surface area contributed by atoms with Gasteiger partial charge in [-0.2, -0.15) is 0 Å². The maximum Gasteiger partial charge on any atom is 0.181 e. The van der Waals surface area contributed by atoms with Crippen molar-refractivity contribution < 1.29 is 17.5 Å². The van der Waals surface area contributed by atoms with E-state index >= 15 is 0 Å². The van der Waals surface area contributed by atoms with Gasteiger partial charge in [0.2, 0.25) is 0 Å². The van der Waals surface area contributed by atoms with Gasteiger partial charge in [-0.3, -0.25) is 0 Å². The molecule has 4 nitrogen and oxygen atoms in total. The highest BCUT2D eigenvalue weighted by Gasteiger charge is 2.34. The standard InChI is InChI=1S/C13H18FNO3S/c1-13(2)4-3-11(18-13)8-19(16,17)12-6-9(14)5-10(15)7-12/h5-7,11H,3-4,8,15H2,1-2H3.